The normalized spacial score (nSPS) is 24.6. The highest BCUT2D eigenvalue weighted by Gasteiger charge is 2.40. The first-order valence-electron chi connectivity index (χ1n) is 20.2. The van der Waals surface area contributed by atoms with Gasteiger partial charge in [-0.1, -0.05) is 12.1 Å². The number of nitrogens with two attached hydrogens (primary N) is 1. The molecule has 3 atom stereocenters. The average molecular weight is 822 g/mol. The highest BCUT2D eigenvalue weighted by molar-refractivity contribution is 6.08. The summed E-state index contributed by atoms with van der Waals surface area (Å²) in [6.07, 6.45) is 2.58. The third kappa shape index (κ3) is 8.89. The number of aromatic nitrogens is 5. The summed E-state index contributed by atoms with van der Waals surface area (Å²) in [4.78, 5) is 58.7. The third-order valence-electron chi connectivity index (χ3n) is 12.1. The lowest BCUT2D eigenvalue weighted by molar-refractivity contribution is -0.141. The quantitative estimate of drug-likeness (QED) is 0.137. The Hall–Kier alpha value is -5.59. The molecule has 0 spiro atoms. The molecule has 1 aliphatic carbocycles. The molecule has 3 saturated heterocycles. The molecule has 6 heterocycles. The van der Waals surface area contributed by atoms with Crippen molar-refractivity contribution in [2.45, 2.75) is 88.1 Å². The molecule has 19 heteroatoms. The number of amides is 4. The first kappa shape index (κ1) is 40.2. The standard InChI is InChI=1S/C40H47F4N11O4/c41-26-17-27(45)21-53(20-26)33-13-16-54-36(49-33)31(19-47-54)38(58)48-32-22-55(51-35(32)40(42,43)44)29-7-3-25(4-8-29)39(59)52-14-11-23(12-15-52)18-46-28-5-1-24(2-6-28)30-9-10-34(56)50-37(30)57/h1-2,5-6,13,16,19,22-23,25-27,29-30,46H,3-4,7-12,14-15,17-18,20-21,45H2,(H,48,58)(H,50,56,57)/t25?,26-,27-,29?,30?/m1/s1. The van der Waals surface area contributed by atoms with Gasteiger partial charge < -0.3 is 26.2 Å². The number of hydrogen-bond acceptors (Lipinski definition) is 10. The fourth-order valence-corrected chi connectivity index (χ4v) is 8.84. The van der Waals surface area contributed by atoms with E-state index >= 15 is 0 Å². The van der Waals surface area contributed by atoms with Gasteiger partial charge in [0.15, 0.2) is 11.3 Å². The van der Waals surface area contributed by atoms with Crippen LogP contribution in [0, 0.1) is 11.8 Å². The van der Waals surface area contributed by atoms with Gasteiger partial charge in [-0.3, -0.25) is 29.2 Å². The minimum atomic E-state index is -4.85. The zero-order valence-electron chi connectivity index (χ0n) is 32.3. The second kappa shape index (κ2) is 16.6. The summed E-state index contributed by atoms with van der Waals surface area (Å²) in [5.74, 6) is -1.11. The predicted octanol–water partition coefficient (Wildman–Crippen LogP) is 4.67. The summed E-state index contributed by atoms with van der Waals surface area (Å²) in [5.41, 5.74) is 6.10. The first-order chi connectivity index (χ1) is 28.3. The maximum absolute atomic E-state index is 14.3. The molecule has 3 aliphatic heterocycles. The summed E-state index contributed by atoms with van der Waals surface area (Å²) < 4.78 is 59.6. The van der Waals surface area contributed by atoms with Crippen molar-refractivity contribution in [1.29, 1.82) is 0 Å². The minimum absolute atomic E-state index is 0.0662. The van der Waals surface area contributed by atoms with Crippen molar-refractivity contribution in [2.24, 2.45) is 17.6 Å². The highest BCUT2D eigenvalue weighted by Crippen LogP contribution is 2.39. The second-order valence-corrected chi connectivity index (χ2v) is 16.2. The summed E-state index contributed by atoms with van der Waals surface area (Å²) in [6, 6.07) is 8.51. The van der Waals surface area contributed by atoms with E-state index < -0.39 is 41.7 Å². The Balaban J connectivity index is 0.833. The van der Waals surface area contributed by atoms with Gasteiger partial charge in [0.05, 0.1) is 30.4 Å². The van der Waals surface area contributed by atoms with Crippen LogP contribution in [0.3, 0.4) is 0 Å². The molecular formula is C40H47F4N11O4. The molecule has 1 unspecified atom stereocenters. The molecule has 1 saturated carbocycles. The number of piperidine rings is 3. The van der Waals surface area contributed by atoms with E-state index in [0.29, 0.717) is 69.9 Å². The van der Waals surface area contributed by atoms with Crippen molar-refractivity contribution in [1.82, 2.24) is 34.6 Å². The van der Waals surface area contributed by atoms with Crippen LogP contribution in [-0.2, 0) is 20.6 Å². The smallest absolute Gasteiger partial charge is 0.385 e. The van der Waals surface area contributed by atoms with Crippen molar-refractivity contribution in [3.63, 3.8) is 0 Å². The molecule has 1 aromatic carbocycles. The van der Waals surface area contributed by atoms with Gasteiger partial charge in [-0.15, -0.1) is 0 Å². The molecule has 5 N–H and O–H groups in total. The molecule has 4 amide bonds. The fraction of sp³-hybridized carbons (Fsp3) is 0.525. The Morgan fingerprint density at radius 1 is 0.966 bits per heavy atom. The van der Waals surface area contributed by atoms with Gasteiger partial charge in [-0.2, -0.15) is 23.4 Å². The zero-order valence-corrected chi connectivity index (χ0v) is 32.3. The topological polar surface area (TPSA) is 185 Å². The van der Waals surface area contributed by atoms with Crippen LogP contribution in [0.25, 0.3) is 5.65 Å². The molecule has 4 fully saturated rings. The number of fused-ring (bicyclic) bond motifs is 1. The number of rotatable bonds is 9. The van der Waals surface area contributed by atoms with Crippen LogP contribution in [-0.4, -0.2) is 97.8 Å². The van der Waals surface area contributed by atoms with Gasteiger partial charge in [0.1, 0.15) is 17.6 Å². The van der Waals surface area contributed by atoms with E-state index in [1.54, 1.807) is 17.2 Å². The van der Waals surface area contributed by atoms with E-state index in [1.807, 2.05) is 29.2 Å². The number of nitrogens with zero attached hydrogens (tertiary/aromatic N) is 7. The largest absolute Gasteiger partial charge is 0.437 e. The summed E-state index contributed by atoms with van der Waals surface area (Å²) in [5, 5.41) is 16.3. The number of nitrogens with one attached hydrogen (secondary N) is 3. The minimum Gasteiger partial charge on any atom is -0.385 e. The van der Waals surface area contributed by atoms with Gasteiger partial charge >= 0.3 is 6.18 Å². The lowest BCUT2D eigenvalue weighted by atomic mass is 9.84. The van der Waals surface area contributed by atoms with E-state index in [-0.39, 0.29) is 53.7 Å². The van der Waals surface area contributed by atoms with Crippen molar-refractivity contribution in [3.8, 4) is 0 Å². The SMILES string of the molecule is N[C@@H]1C[C@@H](F)CN(c2ccn3ncc(C(=O)Nc4cn(C5CCC(C(=O)N6CCC(CNc7ccc(C8CCC(=O)NC8=O)cc7)CC6)CC5)nc4C(F)(F)F)c3n2)C1. The maximum Gasteiger partial charge on any atom is 0.437 e. The van der Waals surface area contributed by atoms with Crippen molar-refractivity contribution in [3.05, 3.63) is 65.7 Å². The Labute approximate surface area is 337 Å². The van der Waals surface area contributed by atoms with Crippen LogP contribution in [0.5, 0.6) is 0 Å². The van der Waals surface area contributed by atoms with Crippen LogP contribution in [0.4, 0.5) is 34.8 Å². The van der Waals surface area contributed by atoms with Crippen molar-refractivity contribution < 1.29 is 36.7 Å². The van der Waals surface area contributed by atoms with Crippen LogP contribution in [0.1, 0.15) is 91.4 Å². The van der Waals surface area contributed by atoms with E-state index in [0.717, 1.165) is 30.6 Å². The van der Waals surface area contributed by atoms with E-state index in [2.05, 4.69) is 31.1 Å². The number of alkyl halides is 4. The van der Waals surface area contributed by atoms with Crippen molar-refractivity contribution in [2.75, 3.05) is 48.3 Å². The van der Waals surface area contributed by atoms with Gasteiger partial charge in [0, 0.05) is 62.6 Å². The zero-order chi connectivity index (χ0) is 41.4. The maximum atomic E-state index is 14.3. The Morgan fingerprint density at radius 3 is 2.41 bits per heavy atom. The molecule has 3 aromatic heterocycles. The lowest BCUT2D eigenvalue weighted by Crippen LogP contribution is -2.48. The molecule has 0 bridgehead atoms. The highest BCUT2D eigenvalue weighted by atomic mass is 19.4. The number of anilines is 3. The number of likely N-dealkylation sites (tertiary alicyclic amines) is 1. The average Bonchev–Trinajstić information content (AvgIpc) is 3.85. The van der Waals surface area contributed by atoms with Crippen LogP contribution < -0.4 is 26.6 Å². The second-order valence-electron chi connectivity index (χ2n) is 16.2. The fourth-order valence-electron chi connectivity index (χ4n) is 8.84. The molecule has 8 rings (SSSR count). The van der Waals surface area contributed by atoms with Crippen LogP contribution >= 0.6 is 0 Å². The number of carbonyl (C=O) groups is 4. The Morgan fingerprint density at radius 2 is 1.71 bits per heavy atom. The third-order valence-corrected chi connectivity index (χ3v) is 12.1. The van der Waals surface area contributed by atoms with Gasteiger partial charge in [-0.05, 0) is 81.0 Å². The monoisotopic (exact) mass is 821 g/mol. The lowest BCUT2D eigenvalue weighted by Gasteiger charge is -2.36. The predicted molar refractivity (Wildman–Crippen MR) is 208 cm³/mol. The van der Waals surface area contributed by atoms with E-state index in [9.17, 15) is 36.7 Å². The van der Waals surface area contributed by atoms with E-state index in [4.69, 9.17) is 5.73 Å². The van der Waals surface area contributed by atoms with Gasteiger partial charge in [0.25, 0.3) is 5.91 Å². The Kier molecular flexibility index (Phi) is 11.3. The number of hydrogen-bond donors (Lipinski definition) is 4. The number of halogens is 4. The molecular weight excluding hydrogens is 775 g/mol. The van der Waals surface area contributed by atoms with Gasteiger partial charge in [0.2, 0.25) is 17.7 Å². The number of imide groups is 1. The Bertz CT molecular complexity index is 2180. The number of carbonyl (C=O) groups excluding carboxylic acids is 4. The summed E-state index contributed by atoms with van der Waals surface area (Å²) in [6.45, 7) is 2.43. The summed E-state index contributed by atoms with van der Waals surface area (Å²) in [7, 11) is 0. The molecule has 4 aliphatic rings. The molecule has 4 aromatic rings. The van der Waals surface area contributed by atoms with Gasteiger partial charge in [-0.25, -0.2) is 13.9 Å². The van der Waals surface area contributed by atoms with Crippen molar-refractivity contribution >= 4 is 46.5 Å². The van der Waals surface area contributed by atoms with Crippen LogP contribution in [0.15, 0.2) is 48.9 Å². The molecule has 314 valence electrons. The number of benzene rings is 1. The summed E-state index contributed by atoms with van der Waals surface area (Å²) >= 11 is 0. The first-order valence-corrected chi connectivity index (χ1v) is 20.2. The molecule has 59 heavy (non-hydrogen) atoms. The molecule has 0 radical (unpaired) electrons. The molecule has 15 nitrogen and oxygen atoms in total. The van der Waals surface area contributed by atoms with Crippen LogP contribution in [0.2, 0.25) is 0 Å². The van der Waals surface area contributed by atoms with E-state index in [1.165, 1.54) is 21.6 Å².